The van der Waals surface area contributed by atoms with Crippen LogP contribution in [0.15, 0.2) is 24.3 Å². The summed E-state index contributed by atoms with van der Waals surface area (Å²) < 4.78 is 0. The largest absolute Gasteiger partial charge is 0.338 e. The Morgan fingerprint density at radius 3 is 2.62 bits per heavy atom. The van der Waals surface area contributed by atoms with Crippen molar-refractivity contribution in [3.05, 3.63) is 35.4 Å². The van der Waals surface area contributed by atoms with Crippen LogP contribution >= 0.6 is 0 Å². The first-order valence-electron chi connectivity index (χ1n) is 8.31. The molecule has 114 valence electrons. The van der Waals surface area contributed by atoms with Crippen molar-refractivity contribution < 1.29 is 4.79 Å². The summed E-state index contributed by atoms with van der Waals surface area (Å²) in [6.45, 7) is 4.12. The maximum atomic E-state index is 12.6. The van der Waals surface area contributed by atoms with Gasteiger partial charge < -0.3 is 10.2 Å². The van der Waals surface area contributed by atoms with E-state index in [0.717, 1.165) is 19.5 Å². The van der Waals surface area contributed by atoms with E-state index in [1.807, 2.05) is 0 Å². The lowest BCUT2D eigenvalue weighted by Gasteiger charge is -2.26. The summed E-state index contributed by atoms with van der Waals surface area (Å²) in [6, 6.07) is 9.58. The van der Waals surface area contributed by atoms with E-state index in [1.165, 1.54) is 36.8 Å². The van der Waals surface area contributed by atoms with Crippen LogP contribution in [0.1, 0.15) is 43.2 Å². The van der Waals surface area contributed by atoms with Gasteiger partial charge in [-0.2, -0.15) is 0 Å². The molecule has 3 heteroatoms. The summed E-state index contributed by atoms with van der Waals surface area (Å²) >= 11 is 0. The summed E-state index contributed by atoms with van der Waals surface area (Å²) in [7, 11) is 0. The van der Waals surface area contributed by atoms with Gasteiger partial charge in [0.15, 0.2) is 0 Å². The van der Waals surface area contributed by atoms with Gasteiger partial charge in [-0.05, 0) is 51.1 Å². The normalized spacial score (nSPS) is 21.5. The Hall–Kier alpha value is -1.35. The maximum Gasteiger partial charge on any atom is 0.223 e. The van der Waals surface area contributed by atoms with E-state index in [0.29, 0.717) is 24.4 Å². The highest BCUT2D eigenvalue weighted by Crippen LogP contribution is 2.28. The molecule has 0 bridgehead atoms. The number of benzene rings is 1. The van der Waals surface area contributed by atoms with E-state index >= 15 is 0 Å². The summed E-state index contributed by atoms with van der Waals surface area (Å²) in [5, 5.41) is 3.51. The molecule has 1 unspecified atom stereocenters. The van der Waals surface area contributed by atoms with Crippen LogP contribution in [0.25, 0.3) is 0 Å². The van der Waals surface area contributed by atoms with E-state index in [4.69, 9.17) is 0 Å². The van der Waals surface area contributed by atoms with Crippen molar-refractivity contribution in [1.29, 1.82) is 0 Å². The molecule has 0 spiro atoms. The number of carbonyl (C=O) groups excluding carboxylic acids is 1. The average Bonchev–Trinajstić information content (AvgIpc) is 3.20. The molecule has 1 heterocycles. The number of rotatable bonds is 6. The lowest BCUT2D eigenvalue weighted by molar-refractivity contribution is -0.132. The Kier molecular flexibility index (Phi) is 4.59. The molecule has 1 atom stereocenters. The standard InChI is InChI=1S/C18H26N2O/c1-14-4-6-15(7-5-14)8-11-18(21)20(17-9-10-17)13-16-3-2-12-19-16/h4-7,16-17,19H,2-3,8-13H2,1H3. The van der Waals surface area contributed by atoms with Crippen LogP contribution in [0, 0.1) is 6.92 Å². The first-order chi connectivity index (χ1) is 10.2. The second-order valence-corrected chi connectivity index (χ2v) is 6.56. The van der Waals surface area contributed by atoms with Gasteiger partial charge in [0.1, 0.15) is 0 Å². The number of hydrogen-bond donors (Lipinski definition) is 1. The molecule has 21 heavy (non-hydrogen) atoms. The van der Waals surface area contributed by atoms with Crippen LogP contribution in [-0.4, -0.2) is 36.0 Å². The van der Waals surface area contributed by atoms with E-state index in [1.54, 1.807) is 0 Å². The van der Waals surface area contributed by atoms with Gasteiger partial charge in [-0.1, -0.05) is 29.8 Å². The third-order valence-corrected chi connectivity index (χ3v) is 4.64. The van der Waals surface area contributed by atoms with E-state index < -0.39 is 0 Å². The summed E-state index contributed by atoms with van der Waals surface area (Å²) in [5.41, 5.74) is 2.54. The first-order valence-corrected chi connectivity index (χ1v) is 8.31. The third kappa shape index (κ3) is 4.07. The molecular weight excluding hydrogens is 260 g/mol. The zero-order valence-corrected chi connectivity index (χ0v) is 13.0. The van der Waals surface area contributed by atoms with Crippen LogP contribution in [0.5, 0.6) is 0 Å². The second kappa shape index (κ2) is 6.61. The number of aryl methyl sites for hydroxylation is 2. The quantitative estimate of drug-likeness (QED) is 0.872. The lowest BCUT2D eigenvalue weighted by Crippen LogP contribution is -2.42. The molecule has 3 rings (SSSR count). The second-order valence-electron chi connectivity index (χ2n) is 6.56. The third-order valence-electron chi connectivity index (χ3n) is 4.64. The van der Waals surface area contributed by atoms with Gasteiger partial charge in [0, 0.05) is 25.0 Å². The van der Waals surface area contributed by atoms with Gasteiger partial charge >= 0.3 is 0 Å². The molecule has 2 fully saturated rings. The van der Waals surface area contributed by atoms with Crippen molar-refractivity contribution in [2.75, 3.05) is 13.1 Å². The Morgan fingerprint density at radius 1 is 1.24 bits per heavy atom. The zero-order valence-electron chi connectivity index (χ0n) is 13.0. The molecular formula is C18H26N2O. The molecule has 1 aliphatic heterocycles. The molecule has 1 amide bonds. The van der Waals surface area contributed by atoms with Crippen LogP contribution in [-0.2, 0) is 11.2 Å². The minimum absolute atomic E-state index is 0.340. The predicted octanol–water partition coefficient (Wildman–Crippen LogP) is 2.67. The fourth-order valence-corrected chi connectivity index (χ4v) is 3.14. The number of nitrogens with zero attached hydrogens (tertiary/aromatic N) is 1. The van der Waals surface area contributed by atoms with Gasteiger partial charge in [0.25, 0.3) is 0 Å². The summed E-state index contributed by atoms with van der Waals surface area (Å²) in [5.74, 6) is 0.340. The number of nitrogens with one attached hydrogen (secondary N) is 1. The van der Waals surface area contributed by atoms with Crippen molar-refractivity contribution >= 4 is 5.91 Å². The van der Waals surface area contributed by atoms with Crippen molar-refractivity contribution in [1.82, 2.24) is 10.2 Å². The van der Waals surface area contributed by atoms with Crippen molar-refractivity contribution in [3.8, 4) is 0 Å². The van der Waals surface area contributed by atoms with Crippen molar-refractivity contribution in [2.24, 2.45) is 0 Å². The van der Waals surface area contributed by atoms with E-state index in [2.05, 4.69) is 41.4 Å². The zero-order chi connectivity index (χ0) is 14.7. The molecule has 1 aromatic carbocycles. The molecule has 1 N–H and O–H groups in total. The van der Waals surface area contributed by atoms with Crippen molar-refractivity contribution in [2.45, 2.75) is 57.5 Å². The smallest absolute Gasteiger partial charge is 0.223 e. The highest BCUT2D eigenvalue weighted by Gasteiger charge is 2.34. The van der Waals surface area contributed by atoms with Crippen molar-refractivity contribution in [3.63, 3.8) is 0 Å². The molecule has 1 aromatic rings. The van der Waals surface area contributed by atoms with Crippen LogP contribution in [0.2, 0.25) is 0 Å². The Morgan fingerprint density at radius 2 is 2.00 bits per heavy atom. The highest BCUT2D eigenvalue weighted by atomic mass is 16.2. The molecule has 2 aliphatic rings. The fraction of sp³-hybridized carbons (Fsp3) is 0.611. The minimum Gasteiger partial charge on any atom is -0.338 e. The maximum absolute atomic E-state index is 12.6. The van der Waals surface area contributed by atoms with E-state index in [-0.39, 0.29) is 0 Å². The Bertz CT molecular complexity index is 472. The molecule has 0 aromatic heterocycles. The number of carbonyl (C=O) groups is 1. The highest BCUT2D eigenvalue weighted by molar-refractivity contribution is 5.77. The molecule has 1 saturated heterocycles. The predicted molar refractivity (Wildman–Crippen MR) is 85.3 cm³/mol. The average molecular weight is 286 g/mol. The Labute approximate surface area is 127 Å². The number of amides is 1. The first kappa shape index (κ1) is 14.6. The van der Waals surface area contributed by atoms with E-state index in [9.17, 15) is 4.79 Å². The van der Waals surface area contributed by atoms with Gasteiger partial charge in [-0.3, -0.25) is 4.79 Å². The lowest BCUT2D eigenvalue weighted by atomic mass is 10.1. The molecule has 1 saturated carbocycles. The molecule has 1 aliphatic carbocycles. The fourth-order valence-electron chi connectivity index (χ4n) is 3.14. The van der Waals surface area contributed by atoms with Gasteiger partial charge in [-0.25, -0.2) is 0 Å². The molecule has 3 nitrogen and oxygen atoms in total. The minimum atomic E-state index is 0.340. The topological polar surface area (TPSA) is 32.3 Å². The van der Waals surface area contributed by atoms with Gasteiger partial charge in [-0.15, -0.1) is 0 Å². The van der Waals surface area contributed by atoms with Crippen LogP contribution in [0.3, 0.4) is 0 Å². The van der Waals surface area contributed by atoms with Crippen LogP contribution < -0.4 is 5.32 Å². The summed E-state index contributed by atoms with van der Waals surface area (Å²) in [6.07, 6.45) is 6.37. The SMILES string of the molecule is Cc1ccc(CCC(=O)N(CC2CCCN2)C2CC2)cc1. The summed E-state index contributed by atoms with van der Waals surface area (Å²) in [4.78, 5) is 14.7. The van der Waals surface area contributed by atoms with Gasteiger partial charge in [0.05, 0.1) is 0 Å². The molecule has 0 radical (unpaired) electrons. The van der Waals surface area contributed by atoms with Gasteiger partial charge in [0.2, 0.25) is 5.91 Å². The monoisotopic (exact) mass is 286 g/mol. The Balaban J connectivity index is 1.52. The number of hydrogen-bond acceptors (Lipinski definition) is 2. The van der Waals surface area contributed by atoms with Crippen LogP contribution in [0.4, 0.5) is 0 Å².